The van der Waals surface area contributed by atoms with E-state index in [-0.39, 0.29) is 10.7 Å². The average Bonchev–Trinajstić information content (AvgIpc) is 2.62. The second-order valence-corrected chi connectivity index (χ2v) is 6.35. The Labute approximate surface area is 164 Å². The van der Waals surface area contributed by atoms with Crippen LogP contribution in [-0.4, -0.2) is 30.4 Å². The van der Waals surface area contributed by atoms with Crippen molar-refractivity contribution in [3.05, 3.63) is 63.9 Å². The van der Waals surface area contributed by atoms with Gasteiger partial charge in [0.05, 0.1) is 5.69 Å². The highest BCUT2D eigenvalue weighted by atomic mass is 35.5. The summed E-state index contributed by atoms with van der Waals surface area (Å²) in [7, 11) is 0. The molecule has 0 fully saturated rings. The first-order valence-electron chi connectivity index (χ1n) is 7.74. The number of hydrogen-bond acceptors (Lipinski definition) is 4. The van der Waals surface area contributed by atoms with Gasteiger partial charge in [0.1, 0.15) is 11.9 Å². The summed E-state index contributed by atoms with van der Waals surface area (Å²) in [5.41, 5.74) is 0.222. The first-order valence-corrected chi connectivity index (χ1v) is 8.50. The van der Waals surface area contributed by atoms with E-state index in [0.29, 0.717) is 10.6 Å². The number of hydrogen-bond donors (Lipinski definition) is 2. The van der Waals surface area contributed by atoms with E-state index in [2.05, 4.69) is 10.6 Å². The molecule has 2 aromatic rings. The normalized spacial score (nSPS) is 11.4. The molecule has 2 rings (SSSR count). The van der Waals surface area contributed by atoms with Gasteiger partial charge in [0.25, 0.3) is 11.8 Å². The number of amides is 2. The predicted molar refractivity (Wildman–Crippen MR) is 99.4 cm³/mol. The molecular formula is C18H15Cl2FN2O4. The third-order valence-corrected chi connectivity index (χ3v) is 3.85. The van der Waals surface area contributed by atoms with Crippen LogP contribution in [0.4, 0.5) is 10.1 Å². The fraction of sp³-hybridized carbons (Fsp3) is 0.167. The number of carbonyl (C=O) groups excluding carboxylic acids is 3. The van der Waals surface area contributed by atoms with E-state index in [4.69, 9.17) is 27.9 Å². The highest BCUT2D eigenvalue weighted by molar-refractivity contribution is 6.31. The maximum atomic E-state index is 13.6. The summed E-state index contributed by atoms with van der Waals surface area (Å²) in [6.45, 7) is 0.773. The van der Waals surface area contributed by atoms with Crippen molar-refractivity contribution in [2.24, 2.45) is 0 Å². The van der Waals surface area contributed by atoms with Crippen LogP contribution in [0.5, 0.6) is 0 Å². The number of rotatable bonds is 6. The molecule has 0 aromatic heterocycles. The molecule has 0 spiro atoms. The summed E-state index contributed by atoms with van der Waals surface area (Å²) in [5.74, 6) is -2.76. The van der Waals surface area contributed by atoms with Crippen molar-refractivity contribution in [3.63, 3.8) is 0 Å². The lowest BCUT2D eigenvalue weighted by atomic mass is 10.2. The second-order valence-electron chi connectivity index (χ2n) is 5.48. The minimum absolute atomic E-state index is 0.0930. The zero-order valence-corrected chi connectivity index (χ0v) is 15.6. The van der Waals surface area contributed by atoms with E-state index in [1.165, 1.54) is 31.2 Å². The van der Waals surface area contributed by atoms with Gasteiger partial charge in [0.2, 0.25) is 0 Å². The van der Waals surface area contributed by atoms with Gasteiger partial charge in [-0.3, -0.25) is 9.59 Å². The molecule has 0 bridgehead atoms. The molecule has 2 N–H and O–H groups in total. The zero-order chi connectivity index (χ0) is 20.0. The number of nitrogens with one attached hydrogen (secondary N) is 2. The van der Waals surface area contributed by atoms with Crippen molar-refractivity contribution in [1.82, 2.24) is 5.32 Å². The first kappa shape index (κ1) is 20.7. The number of carbonyl (C=O) groups is 3. The third-order valence-electron chi connectivity index (χ3n) is 3.36. The molecule has 0 radical (unpaired) electrons. The molecule has 0 aliphatic carbocycles. The number of esters is 1. The molecule has 0 saturated carbocycles. The van der Waals surface area contributed by atoms with Crippen LogP contribution in [0.25, 0.3) is 0 Å². The van der Waals surface area contributed by atoms with Gasteiger partial charge in [-0.1, -0.05) is 23.2 Å². The van der Waals surface area contributed by atoms with E-state index in [9.17, 15) is 18.8 Å². The van der Waals surface area contributed by atoms with Gasteiger partial charge in [0.15, 0.2) is 6.61 Å². The van der Waals surface area contributed by atoms with Gasteiger partial charge in [-0.2, -0.15) is 0 Å². The Kier molecular flexibility index (Phi) is 7.15. The molecule has 6 nitrogen and oxygen atoms in total. The zero-order valence-electron chi connectivity index (χ0n) is 14.1. The van der Waals surface area contributed by atoms with Crippen LogP contribution in [-0.2, 0) is 14.3 Å². The minimum atomic E-state index is -0.992. The molecule has 1 atom stereocenters. The van der Waals surface area contributed by atoms with E-state index < -0.39 is 36.2 Å². The van der Waals surface area contributed by atoms with Crippen molar-refractivity contribution in [2.75, 3.05) is 11.9 Å². The van der Waals surface area contributed by atoms with Gasteiger partial charge in [0, 0.05) is 15.6 Å². The van der Waals surface area contributed by atoms with Crippen molar-refractivity contribution < 1.29 is 23.5 Å². The lowest BCUT2D eigenvalue weighted by Crippen LogP contribution is -2.40. The molecule has 0 unspecified atom stereocenters. The predicted octanol–water partition coefficient (Wildman–Crippen LogP) is 3.43. The molecule has 142 valence electrons. The largest absolute Gasteiger partial charge is 0.454 e. The summed E-state index contributed by atoms with van der Waals surface area (Å²) in [5, 5.41) is 5.35. The molecule has 0 heterocycles. The molecule has 27 heavy (non-hydrogen) atoms. The number of halogens is 3. The Bertz CT molecular complexity index is 859. The highest BCUT2D eigenvalue weighted by Gasteiger charge is 2.19. The number of benzene rings is 2. The topological polar surface area (TPSA) is 84.5 Å². The number of anilines is 1. The minimum Gasteiger partial charge on any atom is -0.454 e. The third kappa shape index (κ3) is 6.23. The smallest absolute Gasteiger partial charge is 0.328 e. The molecule has 0 saturated heterocycles. The van der Waals surface area contributed by atoms with Crippen LogP contribution in [0, 0.1) is 5.82 Å². The van der Waals surface area contributed by atoms with Gasteiger partial charge < -0.3 is 15.4 Å². The average molecular weight is 413 g/mol. The fourth-order valence-corrected chi connectivity index (χ4v) is 2.26. The Morgan fingerprint density at radius 1 is 1.07 bits per heavy atom. The van der Waals surface area contributed by atoms with Gasteiger partial charge >= 0.3 is 5.97 Å². The summed E-state index contributed by atoms with van der Waals surface area (Å²) < 4.78 is 18.4. The molecular weight excluding hydrogens is 398 g/mol. The van der Waals surface area contributed by atoms with Crippen molar-refractivity contribution >= 4 is 46.7 Å². The molecule has 9 heteroatoms. The Hall–Kier alpha value is -2.64. The summed E-state index contributed by atoms with van der Waals surface area (Å²) >= 11 is 11.4. The Balaban J connectivity index is 1.82. The van der Waals surface area contributed by atoms with Gasteiger partial charge in [-0.15, -0.1) is 0 Å². The van der Waals surface area contributed by atoms with Crippen molar-refractivity contribution in [3.8, 4) is 0 Å². The van der Waals surface area contributed by atoms with Gasteiger partial charge in [-0.25, -0.2) is 9.18 Å². The monoisotopic (exact) mass is 412 g/mol. The Morgan fingerprint density at radius 2 is 1.70 bits per heavy atom. The van der Waals surface area contributed by atoms with E-state index in [0.717, 1.165) is 6.07 Å². The number of ether oxygens (including phenoxy) is 1. The van der Waals surface area contributed by atoms with Crippen LogP contribution in [0.1, 0.15) is 17.3 Å². The summed E-state index contributed by atoms with van der Waals surface area (Å²) in [6.07, 6.45) is 0. The maximum Gasteiger partial charge on any atom is 0.328 e. The van der Waals surface area contributed by atoms with E-state index in [1.54, 1.807) is 12.1 Å². The lowest BCUT2D eigenvalue weighted by Gasteiger charge is -2.13. The summed E-state index contributed by atoms with van der Waals surface area (Å²) in [4.78, 5) is 35.7. The standard InChI is InChI=1S/C18H15Cl2FN2O4/c1-10(22-17(25)11-2-4-12(19)5-3-11)18(26)27-9-16(24)23-15-7-6-13(20)8-14(15)21/h2-8,10H,9H2,1H3,(H,22,25)(H,23,24)/t10-/m0/s1. The van der Waals surface area contributed by atoms with Crippen LogP contribution in [0.3, 0.4) is 0 Å². The second kappa shape index (κ2) is 9.34. The Morgan fingerprint density at radius 3 is 2.33 bits per heavy atom. The maximum absolute atomic E-state index is 13.6. The summed E-state index contributed by atoms with van der Waals surface area (Å²) in [6, 6.07) is 8.82. The fourth-order valence-electron chi connectivity index (χ4n) is 1.98. The molecule has 0 aliphatic rings. The van der Waals surface area contributed by atoms with Crippen LogP contribution in [0.2, 0.25) is 10.0 Å². The van der Waals surface area contributed by atoms with Gasteiger partial charge in [-0.05, 0) is 49.4 Å². The van der Waals surface area contributed by atoms with Crippen LogP contribution < -0.4 is 10.6 Å². The van der Waals surface area contributed by atoms with Crippen LogP contribution >= 0.6 is 23.2 Å². The van der Waals surface area contributed by atoms with Crippen molar-refractivity contribution in [1.29, 1.82) is 0 Å². The van der Waals surface area contributed by atoms with E-state index >= 15 is 0 Å². The molecule has 2 amide bonds. The lowest BCUT2D eigenvalue weighted by molar-refractivity contribution is -0.148. The van der Waals surface area contributed by atoms with Crippen molar-refractivity contribution in [2.45, 2.75) is 13.0 Å². The molecule has 0 aliphatic heterocycles. The first-order chi connectivity index (χ1) is 12.8. The highest BCUT2D eigenvalue weighted by Crippen LogP contribution is 2.18. The SMILES string of the molecule is C[C@H](NC(=O)c1ccc(Cl)cc1)C(=O)OCC(=O)Nc1ccc(Cl)cc1F. The molecule has 2 aromatic carbocycles. The van der Waals surface area contributed by atoms with Crippen LogP contribution in [0.15, 0.2) is 42.5 Å². The quantitative estimate of drug-likeness (QED) is 0.711. The van der Waals surface area contributed by atoms with E-state index in [1.807, 2.05) is 0 Å².